The van der Waals surface area contributed by atoms with Gasteiger partial charge in [-0.05, 0) is 41.2 Å². The van der Waals surface area contributed by atoms with Crippen LogP contribution in [0.3, 0.4) is 0 Å². The Morgan fingerprint density at radius 2 is 1.73 bits per heavy atom. The number of aliphatic hydroxyl groups is 4. The molecule has 1 unspecified atom stereocenters. The molecule has 1 aliphatic heterocycles. The molecule has 0 amide bonds. The van der Waals surface area contributed by atoms with E-state index in [0.717, 1.165) is 16.7 Å². The number of rotatable bonds is 6. The van der Waals surface area contributed by atoms with Crippen LogP contribution in [-0.2, 0) is 11.2 Å². The minimum atomic E-state index is -1.44. The highest BCUT2D eigenvalue weighted by Gasteiger charge is 2.44. The average molecular weight is 436 g/mol. The van der Waals surface area contributed by atoms with E-state index in [1.54, 1.807) is 18.2 Å². The Hall–Kier alpha value is -2.00. The molecule has 1 aliphatic rings. The van der Waals surface area contributed by atoms with Crippen LogP contribution in [0.4, 0.5) is 0 Å². The molecule has 5 atom stereocenters. The van der Waals surface area contributed by atoms with E-state index in [2.05, 4.69) is 5.16 Å². The third-order valence-corrected chi connectivity index (χ3v) is 5.80. The summed E-state index contributed by atoms with van der Waals surface area (Å²) in [6, 6.07) is 12.8. The van der Waals surface area contributed by atoms with Crippen molar-refractivity contribution in [2.24, 2.45) is 5.16 Å². The molecule has 7 nitrogen and oxygen atoms in total. The van der Waals surface area contributed by atoms with Gasteiger partial charge >= 0.3 is 0 Å². The molecule has 0 bridgehead atoms. The summed E-state index contributed by atoms with van der Waals surface area (Å²) in [4.78, 5) is 0. The summed E-state index contributed by atoms with van der Waals surface area (Å²) in [6.07, 6.45) is -4.94. The quantitative estimate of drug-likeness (QED) is 0.269. The van der Waals surface area contributed by atoms with E-state index in [1.807, 2.05) is 31.2 Å². The minimum Gasteiger partial charge on any atom is -0.411 e. The molecule has 3 rings (SSSR count). The summed E-state index contributed by atoms with van der Waals surface area (Å²) in [5, 5.41) is 52.7. The first-order valence-electron chi connectivity index (χ1n) is 9.78. The van der Waals surface area contributed by atoms with Crippen molar-refractivity contribution >= 4 is 17.3 Å². The number of oxime groups is 1. The molecule has 0 aliphatic carbocycles. The van der Waals surface area contributed by atoms with Gasteiger partial charge in [-0.15, -0.1) is 0 Å². The van der Waals surface area contributed by atoms with Gasteiger partial charge in [0.15, 0.2) is 0 Å². The molecule has 0 radical (unpaired) electrons. The van der Waals surface area contributed by atoms with Crippen LogP contribution in [0, 0.1) is 0 Å². The second-order valence-corrected chi connectivity index (χ2v) is 7.78. The minimum absolute atomic E-state index is 0.481. The molecular weight excluding hydrogens is 410 g/mol. The fraction of sp³-hybridized carbons (Fsp3) is 0.409. The van der Waals surface area contributed by atoms with E-state index < -0.39 is 37.1 Å². The summed E-state index contributed by atoms with van der Waals surface area (Å²) >= 11 is 6.37. The molecular formula is C22H26ClNO6. The van der Waals surface area contributed by atoms with Crippen molar-refractivity contribution in [3.8, 4) is 0 Å². The van der Waals surface area contributed by atoms with Gasteiger partial charge in [0.2, 0.25) is 0 Å². The van der Waals surface area contributed by atoms with Crippen LogP contribution < -0.4 is 0 Å². The third-order valence-electron chi connectivity index (χ3n) is 5.43. The number of hydrogen-bond acceptors (Lipinski definition) is 7. The van der Waals surface area contributed by atoms with Crippen LogP contribution in [0.1, 0.15) is 41.7 Å². The van der Waals surface area contributed by atoms with Crippen molar-refractivity contribution in [3.63, 3.8) is 0 Å². The lowest BCUT2D eigenvalue weighted by Crippen LogP contribution is -2.55. The first-order chi connectivity index (χ1) is 14.4. The summed E-state index contributed by atoms with van der Waals surface area (Å²) in [7, 11) is 0. The third kappa shape index (κ3) is 4.67. The van der Waals surface area contributed by atoms with Gasteiger partial charge in [0, 0.05) is 5.02 Å². The van der Waals surface area contributed by atoms with Crippen molar-refractivity contribution < 1.29 is 30.4 Å². The zero-order valence-corrected chi connectivity index (χ0v) is 17.3. The van der Waals surface area contributed by atoms with E-state index in [4.69, 9.17) is 21.5 Å². The van der Waals surface area contributed by atoms with E-state index in [1.165, 1.54) is 0 Å². The van der Waals surface area contributed by atoms with Crippen molar-refractivity contribution in [1.82, 2.24) is 0 Å². The number of hydrogen-bond donors (Lipinski definition) is 5. The van der Waals surface area contributed by atoms with Gasteiger partial charge < -0.3 is 30.4 Å². The van der Waals surface area contributed by atoms with Gasteiger partial charge in [-0.3, -0.25) is 0 Å². The molecule has 2 aromatic rings. The van der Waals surface area contributed by atoms with E-state index in [0.29, 0.717) is 29.1 Å². The van der Waals surface area contributed by atoms with E-state index in [-0.39, 0.29) is 0 Å². The number of ether oxygens (including phenoxy) is 1. The topological polar surface area (TPSA) is 123 Å². The lowest BCUT2D eigenvalue weighted by molar-refractivity contribution is -0.231. The highest BCUT2D eigenvalue weighted by atomic mass is 35.5. The van der Waals surface area contributed by atoms with Gasteiger partial charge in [-0.2, -0.15) is 0 Å². The van der Waals surface area contributed by atoms with Gasteiger partial charge in [-0.25, -0.2) is 0 Å². The highest BCUT2D eigenvalue weighted by molar-refractivity contribution is 6.31. The van der Waals surface area contributed by atoms with Gasteiger partial charge in [0.1, 0.15) is 30.5 Å². The summed E-state index contributed by atoms with van der Waals surface area (Å²) in [5.41, 5.74) is 3.81. The number of nitrogens with zero attached hydrogens (tertiary/aromatic N) is 1. The fourth-order valence-electron chi connectivity index (χ4n) is 3.65. The maximum absolute atomic E-state index is 10.4. The van der Waals surface area contributed by atoms with E-state index >= 15 is 0 Å². The molecule has 30 heavy (non-hydrogen) atoms. The summed E-state index contributed by atoms with van der Waals surface area (Å²) in [5.74, 6) is 0. The zero-order valence-electron chi connectivity index (χ0n) is 16.5. The molecule has 1 saturated heterocycles. The summed E-state index contributed by atoms with van der Waals surface area (Å²) < 4.78 is 5.64. The van der Waals surface area contributed by atoms with Crippen LogP contribution in [0.25, 0.3) is 0 Å². The second-order valence-electron chi connectivity index (χ2n) is 7.37. The molecule has 8 heteroatoms. The highest BCUT2D eigenvalue weighted by Crippen LogP contribution is 2.34. The van der Waals surface area contributed by atoms with Crippen LogP contribution in [0.5, 0.6) is 0 Å². The number of halogens is 1. The Bertz CT molecular complexity index is 886. The first kappa shape index (κ1) is 22.7. The Morgan fingerprint density at radius 1 is 1.03 bits per heavy atom. The zero-order chi connectivity index (χ0) is 21.8. The average Bonchev–Trinajstić information content (AvgIpc) is 2.76. The maximum atomic E-state index is 10.4. The van der Waals surface area contributed by atoms with Crippen molar-refractivity contribution in [2.75, 3.05) is 6.61 Å². The molecule has 0 spiro atoms. The first-order valence-corrected chi connectivity index (χ1v) is 10.2. The Balaban J connectivity index is 1.83. The van der Waals surface area contributed by atoms with Crippen LogP contribution in [0.15, 0.2) is 47.6 Å². The Morgan fingerprint density at radius 3 is 2.33 bits per heavy atom. The van der Waals surface area contributed by atoms with E-state index in [9.17, 15) is 20.4 Å². The smallest absolute Gasteiger partial charge is 0.113 e. The molecule has 162 valence electrons. The number of aliphatic hydroxyl groups excluding tert-OH is 4. The van der Waals surface area contributed by atoms with Crippen molar-refractivity contribution in [2.45, 2.75) is 50.3 Å². The SMILES string of the molecule is CC/C(=N\O)c1ccc(Cc2cc([C@@H]3O[C@H](CO)[C@@H](O)C(O)[C@H]3O)ccc2Cl)cc1. The summed E-state index contributed by atoms with van der Waals surface area (Å²) in [6.45, 7) is 1.43. The lowest BCUT2D eigenvalue weighted by atomic mass is 9.90. The largest absolute Gasteiger partial charge is 0.411 e. The Labute approximate surface area is 179 Å². The van der Waals surface area contributed by atoms with Gasteiger partial charge in [0.25, 0.3) is 0 Å². The van der Waals surface area contributed by atoms with Gasteiger partial charge in [0.05, 0.1) is 12.3 Å². The number of benzene rings is 2. The van der Waals surface area contributed by atoms with Crippen molar-refractivity contribution in [1.29, 1.82) is 0 Å². The fourth-order valence-corrected chi connectivity index (χ4v) is 3.84. The molecule has 1 fully saturated rings. The van der Waals surface area contributed by atoms with Crippen LogP contribution in [-0.4, -0.2) is 62.4 Å². The van der Waals surface area contributed by atoms with Crippen LogP contribution >= 0.6 is 11.6 Å². The Kier molecular flexibility index (Phi) is 7.46. The van der Waals surface area contributed by atoms with Crippen molar-refractivity contribution in [3.05, 3.63) is 69.7 Å². The van der Waals surface area contributed by atoms with Gasteiger partial charge in [-0.1, -0.05) is 60.1 Å². The molecule has 5 N–H and O–H groups in total. The van der Waals surface area contributed by atoms with Crippen LogP contribution in [0.2, 0.25) is 5.02 Å². The molecule has 0 saturated carbocycles. The molecule has 0 aromatic heterocycles. The molecule has 1 heterocycles. The predicted molar refractivity (Wildman–Crippen MR) is 112 cm³/mol. The maximum Gasteiger partial charge on any atom is 0.113 e. The predicted octanol–water partition coefficient (Wildman–Crippen LogP) is 2.03. The second kappa shape index (κ2) is 9.87. The monoisotopic (exact) mass is 435 g/mol. The normalized spacial score (nSPS) is 27.3. The lowest BCUT2D eigenvalue weighted by Gasteiger charge is -2.40. The standard InChI is InChI=1S/C22H26ClNO6/c1-2-17(24-29)13-5-3-12(4-6-13)9-15-10-14(7-8-16(15)23)22-21(28)20(27)19(26)18(11-25)30-22/h3-8,10,18-22,25-29H,2,9,11H2,1H3/b24-17+/t18-,19-,20?,21-,22+/m1/s1. The molecule has 2 aromatic carbocycles.